The lowest BCUT2D eigenvalue weighted by atomic mass is 10.1. The molecular weight excluding hydrogens is 364 g/mol. The summed E-state index contributed by atoms with van der Waals surface area (Å²) in [6.45, 7) is 1.69. The van der Waals surface area contributed by atoms with Crippen LogP contribution in [0.2, 0.25) is 0 Å². The number of carbonyl (C=O) groups is 1. The zero-order chi connectivity index (χ0) is 19.6. The highest BCUT2D eigenvalue weighted by atomic mass is 19.2. The Hall–Kier alpha value is -3.16. The molecule has 2 aromatic carbocycles. The molecule has 0 radical (unpaired) electrons. The third kappa shape index (κ3) is 3.84. The van der Waals surface area contributed by atoms with E-state index in [1.807, 2.05) is 0 Å². The molecule has 0 fully saturated rings. The van der Waals surface area contributed by atoms with Crippen molar-refractivity contribution in [1.82, 2.24) is 10.3 Å². The molecule has 4 nitrogen and oxygen atoms in total. The van der Waals surface area contributed by atoms with Gasteiger partial charge in [0.25, 0.3) is 5.91 Å². The van der Waals surface area contributed by atoms with Gasteiger partial charge in [-0.15, -0.1) is 0 Å². The predicted octanol–water partition coefficient (Wildman–Crippen LogP) is 4.18. The maximum atomic E-state index is 13.8. The number of aryl methyl sites for hydroxylation is 1. The topological polar surface area (TPSA) is 55.1 Å². The first-order chi connectivity index (χ1) is 12.9. The summed E-state index contributed by atoms with van der Waals surface area (Å²) in [7, 11) is 0. The summed E-state index contributed by atoms with van der Waals surface area (Å²) in [6.07, 6.45) is 0.223. The molecule has 0 saturated heterocycles. The second-order valence-electron chi connectivity index (χ2n) is 5.73. The predicted molar refractivity (Wildman–Crippen MR) is 89.0 cm³/mol. The molecule has 3 rings (SSSR count). The van der Waals surface area contributed by atoms with Crippen LogP contribution in [0.1, 0.15) is 21.8 Å². The number of carbonyl (C=O) groups excluding carboxylic acids is 1. The van der Waals surface area contributed by atoms with Crippen LogP contribution in [-0.2, 0) is 6.42 Å². The number of benzene rings is 2. The van der Waals surface area contributed by atoms with E-state index in [1.165, 1.54) is 12.1 Å². The maximum Gasteiger partial charge on any atom is 0.254 e. The quantitative estimate of drug-likeness (QED) is 0.535. The summed E-state index contributed by atoms with van der Waals surface area (Å²) in [6, 6.07) is 7.54. The van der Waals surface area contributed by atoms with Gasteiger partial charge < -0.3 is 9.73 Å². The lowest BCUT2D eigenvalue weighted by Crippen LogP contribution is -2.27. The number of nitrogens with zero attached hydrogens (tertiary/aromatic N) is 1. The van der Waals surface area contributed by atoms with Gasteiger partial charge in [-0.1, -0.05) is 12.1 Å². The summed E-state index contributed by atoms with van der Waals surface area (Å²) in [4.78, 5) is 16.2. The fraction of sp³-hybridized carbons (Fsp3) is 0.158. The Bertz CT molecular complexity index is 1000. The van der Waals surface area contributed by atoms with Gasteiger partial charge >= 0.3 is 0 Å². The number of nitrogens with one attached hydrogen (secondary N) is 1. The molecule has 1 amide bonds. The molecule has 0 unspecified atom stereocenters. The van der Waals surface area contributed by atoms with E-state index in [4.69, 9.17) is 4.42 Å². The van der Waals surface area contributed by atoms with E-state index in [-0.39, 0.29) is 24.4 Å². The van der Waals surface area contributed by atoms with Crippen LogP contribution in [-0.4, -0.2) is 17.4 Å². The Morgan fingerprint density at radius 1 is 1.04 bits per heavy atom. The summed E-state index contributed by atoms with van der Waals surface area (Å²) in [5, 5.41) is 2.40. The fourth-order valence-electron chi connectivity index (χ4n) is 2.50. The SMILES string of the molecule is Cc1oc(-c2ccccc2F)nc1CCNC(=O)c1ccc(F)c(F)c1F. The smallest absolute Gasteiger partial charge is 0.254 e. The maximum absolute atomic E-state index is 13.8. The fourth-order valence-corrected chi connectivity index (χ4v) is 2.50. The van der Waals surface area contributed by atoms with Gasteiger partial charge in [-0.05, 0) is 31.2 Å². The van der Waals surface area contributed by atoms with Gasteiger partial charge in [0.2, 0.25) is 5.89 Å². The first-order valence-corrected chi connectivity index (χ1v) is 8.01. The average molecular weight is 378 g/mol. The molecule has 8 heteroatoms. The van der Waals surface area contributed by atoms with Gasteiger partial charge in [0, 0.05) is 13.0 Å². The number of hydrogen-bond donors (Lipinski definition) is 1. The molecule has 0 saturated carbocycles. The lowest BCUT2D eigenvalue weighted by molar-refractivity contribution is 0.0948. The number of oxazole rings is 1. The van der Waals surface area contributed by atoms with Crippen LogP contribution in [0.5, 0.6) is 0 Å². The van der Waals surface area contributed by atoms with Crippen LogP contribution in [0, 0.1) is 30.2 Å². The third-order valence-electron chi connectivity index (χ3n) is 3.92. The number of hydrogen-bond acceptors (Lipinski definition) is 3. The van der Waals surface area contributed by atoms with Gasteiger partial charge in [-0.2, -0.15) is 0 Å². The Morgan fingerprint density at radius 2 is 1.78 bits per heavy atom. The normalized spacial score (nSPS) is 10.9. The second kappa shape index (κ2) is 7.61. The first kappa shape index (κ1) is 18.6. The van der Waals surface area contributed by atoms with E-state index in [2.05, 4.69) is 10.3 Å². The number of rotatable bonds is 5. The molecule has 1 aromatic heterocycles. The molecular formula is C19H14F4N2O2. The molecule has 27 heavy (non-hydrogen) atoms. The zero-order valence-electron chi connectivity index (χ0n) is 14.2. The third-order valence-corrected chi connectivity index (χ3v) is 3.92. The van der Waals surface area contributed by atoms with Crippen LogP contribution in [0.3, 0.4) is 0 Å². The number of aromatic nitrogens is 1. The van der Waals surface area contributed by atoms with Crippen molar-refractivity contribution < 1.29 is 26.8 Å². The van der Waals surface area contributed by atoms with Crippen LogP contribution in [0.25, 0.3) is 11.5 Å². The average Bonchev–Trinajstić information content (AvgIpc) is 3.00. The minimum Gasteiger partial charge on any atom is -0.441 e. The Morgan fingerprint density at radius 3 is 2.52 bits per heavy atom. The molecule has 0 bridgehead atoms. The highest BCUT2D eigenvalue weighted by Crippen LogP contribution is 2.24. The standard InChI is InChI=1S/C19H14F4N2O2/c1-10-15(25-19(27-10)11-4-2-3-5-13(11)20)8-9-24-18(26)12-6-7-14(21)17(23)16(12)22/h2-7H,8-9H2,1H3,(H,24,26). The van der Waals surface area contributed by atoms with Crippen molar-refractivity contribution in [3.8, 4) is 11.5 Å². The largest absolute Gasteiger partial charge is 0.441 e. The Labute approximate surface area is 151 Å². The Kier molecular flexibility index (Phi) is 5.25. The van der Waals surface area contributed by atoms with Crippen LogP contribution in [0.4, 0.5) is 17.6 Å². The minimum atomic E-state index is -1.70. The van der Waals surface area contributed by atoms with E-state index in [9.17, 15) is 22.4 Å². The van der Waals surface area contributed by atoms with Gasteiger partial charge in [-0.3, -0.25) is 4.79 Å². The molecule has 0 atom stereocenters. The minimum absolute atomic E-state index is 0.0430. The summed E-state index contributed by atoms with van der Waals surface area (Å²) in [5.41, 5.74) is 0.0943. The summed E-state index contributed by atoms with van der Waals surface area (Å²) in [5.74, 6) is -5.44. The molecule has 0 aliphatic heterocycles. The van der Waals surface area contributed by atoms with Crippen molar-refractivity contribution in [3.63, 3.8) is 0 Å². The van der Waals surface area contributed by atoms with Crippen molar-refractivity contribution in [3.05, 3.63) is 76.7 Å². The van der Waals surface area contributed by atoms with Crippen LogP contribution in [0.15, 0.2) is 40.8 Å². The highest BCUT2D eigenvalue weighted by molar-refractivity contribution is 5.94. The van der Waals surface area contributed by atoms with Crippen LogP contribution < -0.4 is 5.32 Å². The van der Waals surface area contributed by atoms with E-state index in [0.29, 0.717) is 17.5 Å². The molecule has 0 spiro atoms. The van der Waals surface area contributed by atoms with Crippen molar-refractivity contribution in [2.75, 3.05) is 6.54 Å². The van der Waals surface area contributed by atoms with Gasteiger partial charge in [0.05, 0.1) is 16.8 Å². The van der Waals surface area contributed by atoms with Gasteiger partial charge in [0.1, 0.15) is 11.6 Å². The van der Waals surface area contributed by atoms with Crippen LogP contribution >= 0.6 is 0 Å². The second-order valence-corrected chi connectivity index (χ2v) is 5.73. The van der Waals surface area contributed by atoms with Crippen molar-refractivity contribution in [1.29, 1.82) is 0 Å². The Balaban J connectivity index is 1.67. The van der Waals surface area contributed by atoms with E-state index >= 15 is 0 Å². The van der Waals surface area contributed by atoms with Gasteiger partial charge in [0.15, 0.2) is 17.5 Å². The highest BCUT2D eigenvalue weighted by Gasteiger charge is 2.19. The monoisotopic (exact) mass is 378 g/mol. The van der Waals surface area contributed by atoms with Gasteiger partial charge in [-0.25, -0.2) is 22.5 Å². The summed E-state index contributed by atoms with van der Waals surface area (Å²) >= 11 is 0. The first-order valence-electron chi connectivity index (χ1n) is 8.01. The van der Waals surface area contributed by atoms with Crippen molar-refractivity contribution in [2.24, 2.45) is 0 Å². The number of amides is 1. The molecule has 0 aliphatic rings. The van der Waals surface area contributed by atoms with E-state index < -0.39 is 34.7 Å². The van der Waals surface area contributed by atoms with Crippen molar-refractivity contribution >= 4 is 5.91 Å². The number of halogens is 4. The summed E-state index contributed by atoms with van der Waals surface area (Å²) < 4.78 is 59.0. The molecule has 1 heterocycles. The lowest BCUT2D eigenvalue weighted by Gasteiger charge is -2.06. The van der Waals surface area contributed by atoms with E-state index in [1.54, 1.807) is 19.1 Å². The molecule has 0 aliphatic carbocycles. The van der Waals surface area contributed by atoms with Crippen molar-refractivity contribution in [2.45, 2.75) is 13.3 Å². The molecule has 140 valence electrons. The van der Waals surface area contributed by atoms with E-state index in [0.717, 1.165) is 6.07 Å². The zero-order valence-corrected chi connectivity index (χ0v) is 14.2. The molecule has 1 N–H and O–H groups in total. The molecule has 3 aromatic rings.